The molecule has 0 heterocycles. The molecular formula is C21H29NO2. The van der Waals surface area contributed by atoms with E-state index in [1.165, 1.54) is 30.4 Å². The van der Waals surface area contributed by atoms with E-state index in [0.29, 0.717) is 18.4 Å². The van der Waals surface area contributed by atoms with Crippen LogP contribution in [0, 0.1) is 24.2 Å². The van der Waals surface area contributed by atoms with Crippen molar-refractivity contribution in [2.45, 2.75) is 63.9 Å². The lowest BCUT2D eigenvalue weighted by molar-refractivity contribution is -0.149. The van der Waals surface area contributed by atoms with Crippen LogP contribution in [0.25, 0.3) is 0 Å². The molecule has 3 atom stereocenters. The first-order valence-corrected chi connectivity index (χ1v) is 9.44. The van der Waals surface area contributed by atoms with E-state index < -0.39 is 6.10 Å². The van der Waals surface area contributed by atoms with Crippen molar-refractivity contribution in [3.8, 4) is 0 Å². The summed E-state index contributed by atoms with van der Waals surface area (Å²) in [5, 5.41) is 12.6. The molecule has 4 aliphatic rings. The Morgan fingerprint density at radius 3 is 2.42 bits per heavy atom. The van der Waals surface area contributed by atoms with Gasteiger partial charge in [-0.15, -0.1) is 0 Å². The molecule has 4 saturated carbocycles. The Hall–Kier alpha value is -1.35. The zero-order valence-corrected chi connectivity index (χ0v) is 14.8. The summed E-state index contributed by atoms with van der Waals surface area (Å²) in [6.45, 7) is 4.23. The Morgan fingerprint density at radius 1 is 1.21 bits per heavy atom. The van der Waals surface area contributed by atoms with Crippen LogP contribution in [0.4, 0.5) is 0 Å². The molecule has 4 fully saturated rings. The summed E-state index contributed by atoms with van der Waals surface area (Å²) < 4.78 is 0. The first-order chi connectivity index (χ1) is 11.4. The van der Waals surface area contributed by atoms with Gasteiger partial charge in [-0.05, 0) is 75.2 Å². The van der Waals surface area contributed by atoms with Crippen LogP contribution in [0.2, 0.25) is 0 Å². The molecule has 3 heteroatoms. The van der Waals surface area contributed by atoms with Gasteiger partial charge in [0.1, 0.15) is 0 Å². The predicted octanol–water partition coefficient (Wildman–Crippen LogP) is 3.33. The largest absolute Gasteiger partial charge is 0.392 e. The van der Waals surface area contributed by atoms with E-state index in [4.69, 9.17) is 0 Å². The smallest absolute Gasteiger partial charge is 0.226 e. The Bertz CT molecular complexity index is 620. The number of carbonyl (C=O) groups is 1. The van der Waals surface area contributed by atoms with Crippen LogP contribution in [0.1, 0.15) is 56.6 Å². The number of carbonyl (C=O) groups excluding carboxylic acids is 1. The molecule has 0 aliphatic heterocycles. The van der Waals surface area contributed by atoms with E-state index in [9.17, 15) is 9.90 Å². The molecule has 1 amide bonds. The van der Waals surface area contributed by atoms with Crippen molar-refractivity contribution in [2.24, 2.45) is 17.3 Å². The summed E-state index contributed by atoms with van der Waals surface area (Å²) in [5.41, 5.74) is 2.73. The average molecular weight is 327 g/mol. The molecule has 0 spiro atoms. The molecule has 0 saturated heterocycles. The van der Waals surface area contributed by atoms with Crippen LogP contribution in [0.5, 0.6) is 0 Å². The molecule has 0 radical (unpaired) electrons. The van der Waals surface area contributed by atoms with Crippen LogP contribution in [-0.2, 0) is 10.2 Å². The molecule has 3 unspecified atom stereocenters. The second-order valence-corrected chi connectivity index (χ2v) is 8.95. The average Bonchev–Trinajstić information content (AvgIpc) is 2.51. The number of hydrogen-bond acceptors (Lipinski definition) is 2. The lowest BCUT2D eigenvalue weighted by Crippen LogP contribution is -2.59. The van der Waals surface area contributed by atoms with E-state index in [-0.39, 0.29) is 16.7 Å². The van der Waals surface area contributed by atoms with Crippen molar-refractivity contribution in [2.75, 3.05) is 6.54 Å². The minimum Gasteiger partial charge on any atom is -0.392 e. The Morgan fingerprint density at radius 2 is 1.83 bits per heavy atom. The highest BCUT2D eigenvalue weighted by atomic mass is 16.3. The van der Waals surface area contributed by atoms with Crippen molar-refractivity contribution in [3.05, 3.63) is 35.4 Å². The molecule has 1 aromatic carbocycles. The third kappa shape index (κ3) is 2.57. The first-order valence-electron chi connectivity index (χ1n) is 9.44. The summed E-state index contributed by atoms with van der Waals surface area (Å²) in [5.74, 6) is 1.56. The van der Waals surface area contributed by atoms with Crippen molar-refractivity contribution in [1.29, 1.82) is 0 Å². The zero-order valence-electron chi connectivity index (χ0n) is 14.8. The van der Waals surface area contributed by atoms with Gasteiger partial charge in [0.05, 0.1) is 11.5 Å². The topological polar surface area (TPSA) is 49.3 Å². The third-order valence-corrected chi connectivity index (χ3v) is 6.76. The molecule has 2 N–H and O–H groups in total. The Balaban J connectivity index is 1.64. The van der Waals surface area contributed by atoms with Crippen molar-refractivity contribution < 1.29 is 9.90 Å². The molecule has 3 nitrogen and oxygen atoms in total. The van der Waals surface area contributed by atoms with Crippen LogP contribution in [0.3, 0.4) is 0 Å². The van der Waals surface area contributed by atoms with Gasteiger partial charge in [-0.1, -0.05) is 29.8 Å². The number of benzene rings is 1. The van der Waals surface area contributed by atoms with Gasteiger partial charge in [-0.3, -0.25) is 4.79 Å². The molecule has 4 bridgehead atoms. The number of amides is 1. The van der Waals surface area contributed by atoms with Gasteiger partial charge in [0, 0.05) is 6.54 Å². The van der Waals surface area contributed by atoms with Crippen LogP contribution in [-0.4, -0.2) is 23.7 Å². The minimum absolute atomic E-state index is 0.189. The van der Waals surface area contributed by atoms with E-state index >= 15 is 0 Å². The lowest BCUT2D eigenvalue weighted by atomic mass is 9.42. The monoisotopic (exact) mass is 327 g/mol. The molecule has 4 aliphatic carbocycles. The maximum absolute atomic E-state index is 13.0. The van der Waals surface area contributed by atoms with Gasteiger partial charge >= 0.3 is 0 Å². The number of rotatable bonds is 4. The van der Waals surface area contributed by atoms with Crippen molar-refractivity contribution in [3.63, 3.8) is 0 Å². The predicted molar refractivity (Wildman–Crippen MR) is 94.7 cm³/mol. The number of aliphatic hydroxyl groups is 1. The van der Waals surface area contributed by atoms with Gasteiger partial charge in [0.25, 0.3) is 0 Å². The standard InChI is InChI=1S/C21H29NO2/c1-14-3-5-18(6-4-14)20-8-16-7-17(9-20)11-21(10-16,13-20)19(24)22-12-15(2)23/h3-6,15-17,23H,7-13H2,1-2H3,(H,22,24). The molecule has 24 heavy (non-hydrogen) atoms. The first kappa shape index (κ1) is 16.1. The molecule has 5 rings (SSSR count). The summed E-state index contributed by atoms with van der Waals surface area (Å²) in [7, 11) is 0. The third-order valence-electron chi connectivity index (χ3n) is 6.76. The van der Waals surface area contributed by atoms with E-state index in [1.807, 2.05) is 0 Å². The SMILES string of the molecule is Cc1ccc(C23CC4CC(CC(C(=O)NCC(C)O)(C4)C2)C3)cc1. The molecule has 0 aromatic heterocycles. The van der Waals surface area contributed by atoms with E-state index in [2.05, 4.69) is 36.5 Å². The van der Waals surface area contributed by atoms with Gasteiger partial charge < -0.3 is 10.4 Å². The van der Waals surface area contributed by atoms with Crippen molar-refractivity contribution in [1.82, 2.24) is 5.32 Å². The van der Waals surface area contributed by atoms with Gasteiger partial charge in [0.15, 0.2) is 0 Å². The summed E-state index contributed by atoms with van der Waals surface area (Å²) in [6, 6.07) is 9.02. The van der Waals surface area contributed by atoms with Crippen LogP contribution >= 0.6 is 0 Å². The van der Waals surface area contributed by atoms with E-state index in [0.717, 1.165) is 19.3 Å². The summed E-state index contributed by atoms with van der Waals surface area (Å²) in [4.78, 5) is 13.0. The van der Waals surface area contributed by atoms with Gasteiger partial charge in [0.2, 0.25) is 5.91 Å². The second kappa shape index (κ2) is 5.59. The van der Waals surface area contributed by atoms with Crippen LogP contribution in [0.15, 0.2) is 24.3 Å². The van der Waals surface area contributed by atoms with Gasteiger partial charge in [-0.2, -0.15) is 0 Å². The van der Waals surface area contributed by atoms with E-state index in [1.54, 1.807) is 6.92 Å². The fraction of sp³-hybridized carbons (Fsp3) is 0.667. The molecular weight excluding hydrogens is 298 g/mol. The molecule has 1 aromatic rings. The fourth-order valence-electron chi connectivity index (χ4n) is 6.20. The number of aryl methyl sites for hydroxylation is 1. The molecule has 130 valence electrons. The number of nitrogens with one attached hydrogen (secondary N) is 1. The lowest BCUT2D eigenvalue weighted by Gasteiger charge is -2.61. The maximum Gasteiger partial charge on any atom is 0.226 e. The summed E-state index contributed by atoms with van der Waals surface area (Å²) >= 11 is 0. The second-order valence-electron chi connectivity index (χ2n) is 8.95. The Kier molecular flexibility index (Phi) is 3.76. The number of aliphatic hydroxyl groups excluding tert-OH is 1. The van der Waals surface area contributed by atoms with Crippen LogP contribution < -0.4 is 5.32 Å². The highest BCUT2D eigenvalue weighted by Gasteiger charge is 2.60. The highest BCUT2D eigenvalue weighted by molar-refractivity contribution is 5.83. The summed E-state index contributed by atoms with van der Waals surface area (Å²) in [6.07, 6.45) is 6.40. The minimum atomic E-state index is -0.478. The maximum atomic E-state index is 13.0. The van der Waals surface area contributed by atoms with Crippen molar-refractivity contribution >= 4 is 5.91 Å². The fourth-order valence-corrected chi connectivity index (χ4v) is 6.20. The normalized spacial score (nSPS) is 38.1. The van der Waals surface area contributed by atoms with Gasteiger partial charge in [-0.25, -0.2) is 0 Å². The Labute approximate surface area is 144 Å². The highest BCUT2D eigenvalue weighted by Crippen LogP contribution is 2.65. The number of hydrogen-bond donors (Lipinski definition) is 2. The quantitative estimate of drug-likeness (QED) is 0.891. The zero-order chi connectivity index (χ0) is 16.9.